The van der Waals surface area contributed by atoms with E-state index in [0.717, 1.165) is 12.4 Å². The maximum atomic E-state index is 4.21. The van der Waals surface area contributed by atoms with E-state index in [1.807, 2.05) is 11.6 Å². The van der Waals surface area contributed by atoms with Crippen LogP contribution >= 0.6 is 0 Å². The summed E-state index contributed by atoms with van der Waals surface area (Å²) in [5, 5.41) is 8.16. The van der Waals surface area contributed by atoms with E-state index < -0.39 is 0 Å². The Hall–Kier alpha value is -0.900. The van der Waals surface area contributed by atoms with Crippen LogP contribution in [-0.4, -0.2) is 32.8 Å². The number of nitrogens with zero attached hydrogens (tertiary/aromatic N) is 4. The maximum absolute atomic E-state index is 4.21. The predicted octanol–water partition coefficient (Wildman–Crippen LogP) is 1.36. The van der Waals surface area contributed by atoms with Crippen LogP contribution in [0, 0.1) is 0 Å². The first-order valence-electron chi connectivity index (χ1n) is 5.41. The molecule has 1 saturated heterocycles. The first-order chi connectivity index (χ1) is 6.83. The van der Waals surface area contributed by atoms with Gasteiger partial charge in [0.15, 0.2) is 0 Å². The number of hydrogen-bond donors (Lipinski definition) is 0. The van der Waals surface area contributed by atoms with E-state index in [1.54, 1.807) is 6.33 Å². The van der Waals surface area contributed by atoms with Crippen LogP contribution in [0.1, 0.15) is 38.1 Å². The molecule has 1 fully saturated rings. The largest absolute Gasteiger partial charge is 0.319 e. The summed E-state index contributed by atoms with van der Waals surface area (Å²) in [6, 6.07) is 0.487. The van der Waals surface area contributed by atoms with E-state index in [2.05, 4.69) is 22.0 Å². The predicted molar refractivity (Wildman–Crippen MR) is 54.8 cm³/mol. The minimum absolute atomic E-state index is 0.487. The van der Waals surface area contributed by atoms with Crippen LogP contribution in [0.5, 0.6) is 0 Å². The summed E-state index contributed by atoms with van der Waals surface area (Å²) >= 11 is 0. The van der Waals surface area contributed by atoms with Gasteiger partial charge >= 0.3 is 0 Å². The number of piperidine rings is 1. The van der Waals surface area contributed by atoms with Crippen molar-refractivity contribution in [3.8, 4) is 0 Å². The third kappa shape index (κ3) is 1.66. The first-order valence-corrected chi connectivity index (χ1v) is 5.41. The molecule has 1 atom stereocenters. The van der Waals surface area contributed by atoms with E-state index >= 15 is 0 Å². The van der Waals surface area contributed by atoms with Crippen LogP contribution in [-0.2, 0) is 7.05 Å². The zero-order valence-corrected chi connectivity index (χ0v) is 8.98. The lowest BCUT2D eigenvalue weighted by Crippen LogP contribution is -2.34. The Labute approximate surface area is 84.9 Å². The van der Waals surface area contributed by atoms with E-state index in [4.69, 9.17) is 0 Å². The minimum Gasteiger partial charge on any atom is -0.319 e. The lowest BCUT2D eigenvalue weighted by Gasteiger charge is -2.33. The van der Waals surface area contributed by atoms with Crippen molar-refractivity contribution in [1.82, 2.24) is 19.7 Å². The van der Waals surface area contributed by atoms with Crippen molar-refractivity contribution in [1.29, 1.82) is 0 Å². The molecule has 4 nitrogen and oxygen atoms in total. The van der Waals surface area contributed by atoms with Crippen molar-refractivity contribution in [3.05, 3.63) is 12.2 Å². The molecule has 0 unspecified atom stereocenters. The molecule has 1 aliphatic heterocycles. The van der Waals surface area contributed by atoms with Crippen LogP contribution < -0.4 is 0 Å². The molecule has 1 aromatic rings. The van der Waals surface area contributed by atoms with E-state index in [-0.39, 0.29) is 0 Å². The Morgan fingerprint density at radius 2 is 2.36 bits per heavy atom. The highest BCUT2D eigenvalue weighted by Crippen LogP contribution is 2.28. The van der Waals surface area contributed by atoms with Gasteiger partial charge in [-0.1, -0.05) is 13.3 Å². The van der Waals surface area contributed by atoms with Crippen molar-refractivity contribution < 1.29 is 0 Å². The van der Waals surface area contributed by atoms with Gasteiger partial charge in [0.25, 0.3) is 0 Å². The number of hydrogen-bond acceptors (Lipinski definition) is 3. The van der Waals surface area contributed by atoms with Gasteiger partial charge in [0.1, 0.15) is 12.2 Å². The molecule has 0 amide bonds. The van der Waals surface area contributed by atoms with Crippen LogP contribution in [0.25, 0.3) is 0 Å². The highest BCUT2D eigenvalue weighted by Gasteiger charge is 2.25. The second-order valence-corrected chi connectivity index (χ2v) is 3.94. The third-order valence-electron chi connectivity index (χ3n) is 3.06. The Kier molecular flexibility index (Phi) is 2.82. The van der Waals surface area contributed by atoms with Crippen LogP contribution in [0.3, 0.4) is 0 Å². The molecule has 14 heavy (non-hydrogen) atoms. The van der Waals surface area contributed by atoms with Crippen LogP contribution in [0.2, 0.25) is 0 Å². The summed E-state index contributed by atoms with van der Waals surface area (Å²) < 4.78 is 2.04. The molecule has 0 saturated carbocycles. The molecule has 1 aliphatic rings. The van der Waals surface area contributed by atoms with Gasteiger partial charge in [-0.3, -0.25) is 4.90 Å². The smallest absolute Gasteiger partial charge is 0.149 e. The van der Waals surface area contributed by atoms with E-state index in [0.29, 0.717) is 6.04 Å². The molecule has 78 valence electrons. The van der Waals surface area contributed by atoms with Crippen molar-refractivity contribution in [2.45, 2.75) is 32.2 Å². The lowest BCUT2D eigenvalue weighted by molar-refractivity contribution is 0.147. The fourth-order valence-corrected chi connectivity index (χ4v) is 2.26. The van der Waals surface area contributed by atoms with E-state index in [1.165, 1.54) is 25.8 Å². The quantitative estimate of drug-likeness (QED) is 0.713. The Morgan fingerprint density at radius 1 is 1.50 bits per heavy atom. The Morgan fingerprint density at radius 3 is 3.00 bits per heavy atom. The Balaban J connectivity index is 2.19. The second kappa shape index (κ2) is 4.09. The molecular weight excluding hydrogens is 176 g/mol. The average Bonchev–Trinajstić information content (AvgIpc) is 2.64. The monoisotopic (exact) mass is 194 g/mol. The molecule has 1 aromatic heterocycles. The molecular formula is C10H18N4. The van der Waals surface area contributed by atoms with Crippen molar-refractivity contribution >= 4 is 0 Å². The van der Waals surface area contributed by atoms with Gasteiger partial charge in [-0.05, 0) is 25.9 Å². The summed E-state index contributed by atoms with van der Waals surface area (Å²) in [5.74, 6) is 1.12. The van der Waals surface area contributed by atoms with Gasteiger partial charge < -0.3 is 4.57 Å². The highest BCUT2D eigenvalue weighted by molar-refractivity contribution is 4.96. The van der Waals surface area contributed by atoms with Gasteiger partial charge in [0, 0.05) is 7.05 Å². The molecule has 0 N–H and O–H groups in total. The van der Waals surface area contributed by atoms with Crippen LogP contribution in [0.15, 0.2) is 6.33 Å². The molecule has 0 bridgehead atoms. The maximum Gasteiger partial charge on any atom is 0.149 e. The molecule has 2 rings (SSSR count). The Bertz CT molecular complexity index is 294. The fourth-order valence-electron chi connectivity index (χ4n) is 2.26. The summed E-state index contributed by atoms with van der Waals surface area (Å²) in [7, 11) is 2.03. The SMILES string of the molecule is CCN1CCCC[C@H]1c1nncn1C. The molecule has 4 heteroatoms. The van der Waals surface area contributed by atoms with E-state index in [9.17, 15) is 0 Å². The van der Waals surface area contributed by atoms with Gasteiger partial charge in [0.2, 0.25) is 0 Å². The normalized spacial score (nSPS) is 24.0. The summed E-state index contributed by atoms with van der Waals surface area (Å²) in [4.78, 5) is 2.49. The van der Waals surface area contributed by atoms with Gasteiger partial charge in [-0.2, -0.15) is 0 Å². The second-order valence-electron chi connectivity index (χ2n) is 3.94. The number of aryl methyl sites for hydroxylation is 1. The van der Waals surface area contributed by atoms with Gasteiger partial charge in [0.05, 0.1) is 6.04 Å². The lowest BCUT2D eigenvalue weighted by atomic mass is 10.0. The number of rotatable bonds is 2. The minimum atomic E-state index is 0.487. The summed E-state index contributed by atoms with van der Waals surface area (Å²) in [6.45, 7) is 4.53. The topological polar surface area (TPSA) is 34.0 Å². The number of aromatic nitrogens is 3. The standard InChI is InChI=1S/C10H18N4/c1-3-14-7-5-4-6-9(14)10-12-11-8-13(10)2/h8-9H,3-7H2,1-2H3/t9-/m0/s1. The van der Waals surface area contributed by atoms with Gasteiger partial charge in [-0.15, -0.1) is 10.2 Å². The van der Waals surface area contributed by atoms with Crippen molar-refractivity contribution in [2.75, 3.05) is 13.1 Å². The molecule has 2 heterocycles. The van der Waals surface area contributed by atoms with Crippen molar-refractivity contribution in [3.63, 3.8) is 0 Å². The molecule has 0 aliphatic carbocycles. The summed E-state index contributed by atoms with van der Waals surface area (Å²) in [5.41, 5.74) is 0. The van der Waals surface area contributed by atoms with Crippen LogP contribution in [0.4, 0.5) is 0 Å². The van der Waals surface area contributed by atoms with Crippen molar-refractivity contribution in [2.24, 2.45) is 7.05 Å². The average molecular weight is 194 g/mol. The van der Waals surface area contributed by atoms with Gasteiger partial charge in [-0.25, -0.2) is 0 Å². The zero-order valence-electron chi connectivity index (χ0n) is 8.98. The molecule has 0 aromatic carbocycles. The molecule has 0 radical (unpaired) electrons. The zero-order chi connectivity index (χ0) is 9.97. The number of likely N-dealkylation sites (tertiary alicyclic amines) is 1. The fraction of sp³-hybridized carbons (Fsp3) is 0.800. The highest BCUT2D eigenvalue weighted by atomic mass is 15.3. The molecule has 0 spiro atoms. The third-order valence-corrected chi connectivity index (χ3v) is 3.06. The summed E-state index contributed by atoms with van der Waals surface area (Å²) in [6.07, 6.45) is 5.65. The first kappa shape index (κ1) is 9.65.